The van der Waals surface area contributed by atoms with E-state index in [9.17, 15) is 14.7 Å². The Bertz CT molecular complexity index is 527. The molecule has 114 valence electrons. The number of benzene rings is 1. The summed E-state index contributed by atoms with van der Waals surface area (Å²) in [7, 11) is 0. The van der Waals surface area contributed by atoms with Crippen LogP contribution in [0, 0.1) is 0 Å². The lowest BCUT2D eigenvalue weighted by Gasteiger charge is -2.15. The maximum atomic E-state index is 11.8. The molecule has 6 heteroatoms. The van der Waals surface area contributed by atoms with Crippen molar-refractivity contribution in [2.24, 2.45) is 0 Å². The molecule has 0 aliphatic heterocycles. The van der Waals surface area contributed by atoms with Gasteiger partial charge < -0.3 is 21.1 Å². The number of urea groups is 1. The number of amides is 3. The van der Waals surface area contributed by atoms with Crippen LogP contribution in [-0.2, 0) is 4.79 Å². The van der Waals surface area contributed by atoms with Crippen LogP contribution in [0.5, 0.6) is 0 Å². The van der Waals surface area contributed by atoms with Crippen LogP contribution in [0.15, 0.2) is 24.3 Å². The van der Waals surface area contributed by atoms with Crippen molar-refractivity contribution in [1.29, 1.82) is 0 Å². The zero-order valence-corrected chi connectivity index (χ0v) is 12.2. The van der Waals surface area contributed by atoms with E-state index >= 15 is 0 Å². The highest BCUT2D eigenvalue weighted by Gasteiger charge is 2.26. The Kier molecular flexibility index (Phi) is 4.80. The third kappa shape index (κ3) is 4.75. The van der Waals surface area contributed by atoms with Crippen molar-refractivity contribution >= 4 is 17.6 Å². The van der Waals surface area contributed by atoms with Crippen molar-refractivity contribution in [1.82, 2.24) is 10.6 Å². The van der Waals surface area contributed by atoms with E-state index in [1.165, 1.54) is 0 Å². The summed E-state index contributed by atoms with van der Waals surface area (Å²) in [6, 6.07) is 6.18. The summed E-state index contributed by atoms with van der Waals surface area (Å²) >= 11 is 0. The van der Waals surface area contributed by atoms with Crippen molar-refractivity contribution in [2.45, 2.75) is 44.9 Å². The number of hydrogen-bond donors (Lipinski definition) is 4. The van der Waals surface area contributed by atoms with E-state index in [0.29, 0.717) is 11.3 Å². The van der Waals surface area contributed by atoms with Crippen LogP contribution in [0.1, 0.15) is 38.4 Å². The highest BCUT2D eigenvalue weighted by atomic mass is 16.3. The molecule has 1 aliphatic carbocycles. The van der Waals surface area contributed by atoms with Crippen LogP contribution in [0.2, 0.25) is 0 Å². The van der Waals surface area contributed by atoms with Crippen LogP contribution in [0.25, 0.3) is 0 Å². The van der Waals surface area contributed by atoms with E-state index in [1.807, 2.05) is 0 Å². The molecule has 1 saturated carbocycles. The molecule has 2 atom stereocenters. The molecular formula is C15H21N3O3. The van der Waals surface area contributed by atoms with E-state index < -0.39 is 18.2 Å². The summed E-state index contributed by atoms with van der Waals surface area (Å²) in [4.78, 5) is 23.6. The molecule has 1 aromatic rings. The second-order valence-corrected chi connectivity index (χ2v) is 5.40. The summed E-state index contributed by atoms with van der Waals surface area (Å²) in [6.45, 7) is 3.30. The highest BCUT2D eigenvalue weighted by Crippen LogP contribution is 2.19. The van der Waals surface area contributed by atoms with Crippen LogP contribution < -0.4 is 16.0 Å². The van der Waals surface area contributed by atoms with Gasteiger partial charge in [-0.25, -0.2) is 4.79 Å². The zero-order valence-electron chi connectivity index (χ0n) is 12.2. The van der Waals surface area contributed by atoms with Gasteiger partial charge in [0.25, 0.3) is 0 Å². The van der Waals surface area contributed by atoms with Gasteiger partial charge in [0, 0.05) is 11.7 Å². The second kappa shape index (κ2) is 6.58. The number of anilines is 1. The molecule has 1 fully saturated rings. The number of rotatable bonds is 5. The van der Waals surface area contributed by atoms with E-state index in [0.717, 1.165) is 12.8 Å². The van der Waals surface area contributed by atoms with Gasteiger partial charge in [0.05, 0.1) is 6.10 Å². The van der Waals surface area contributed by atoms with E-state index in [2.05, 4.69) is 16.0 Å². The standard InChI is InChI=1S/C15H21N3O3/c1-9(14(20)17-12-6-7-12)16-15(21)18-13-5-3-4-11(8-13)10(2)19/h3-5,8-10,12,19H,6-7H2,1-2H3,(H,17,20)(H2,16,18,21). The summed E-state index contributed by atoms with van der Waals surface area (Å²) in [5.41, 5.74) is 1.29. The third-order valence-corrected chi connectivity index (χ3v) is 3.29. The number of aliphatic hydroxyl groups excluding tert-OH is 1. The zero-order chi connectivity index (χ0) is 15.4. The molecule has 1 aromatic carbocycles. The molecule has 21 heavy (non-hydrogen) atoms. The molecule has 4 N–H and O–H groups in total. The largest absolute Gasteiger partial charge is 0.389 e. The van der Waals surface area contributed by atoms with Crippen LogP contribution in [-0.4, -0.2) is 29.1 Å². The monoisotopic (exact) mass is 291 g/mol. The first-order valence-corrected chi connectivity index (χ1v) is 7.11. The Morgan fingerprint density at radius 1 is 1.29 bits per heavy atom. The van der Waals surface area contributed by atoms with Gasteiger partial charge in [0.1, 0.15) is 6.04 Å². The van der Waals surface area contributed by atoms with Gasteiger partial charge in [-0.1, -0.05) is 12.1 Å². The Morgan fingerprint density at radius 2 is 2.00 bits per heavy atom. The fraction of sp³-hybridized carbons (Fsp3) is 0.467. The summed E-state index contributed by atoms with van der Waals surface area (Å²) in [5, 5.41) is 17.6. The van der Waals surface area contributed by atoms with Gasteiger partial charge in [0.2, 0.25) is 5.91 Å². The number of carbonyl (C=O) groups is 2. The predicted octanol–water partition coefficient (Wildman–Crippen LogP) is 1.53. The van der Waals surface area contributed by atoms with Crippen molar-refractivity contribution in [3.63, 3.8) is 0 Å². The number of nitrogens with one attached hydrogen (secondary N) is 3. The fourth-order valence-electron chi connectivity index (χ4n) is 1.86. The van der Waals surface area contributed by atoms with Crippen molar-refractivity contribution in [2.75, 3.05) is 5.32 Å². The summed E-state index contributed by atoms with van der Waals surface area (Å²) in [5.74, 6) is -0.176. The molecule has 1 aliphatic rings. The van der Waals surface area contributed by atoms with E-state index in [1.54, 1.807) is 38.1 Å². The van der Waals surface area contributed by atoms with Crippen LogP contribution in [0.4, 0.5) is 10.5 Å². The minimum atomic E-state index is -0.599. The molecule has 6 nitrogen and oxygen atoms in total. The quantitative estimate of drug-likeness (QED) is 0.663. The van der Waals surface area contributed by atoms with Gasteiger partial charge >= 0.3 is 6.03 Å². The first-order valence-electron chi connectivity index (χ1n) is 7.11. The lowest BCUT2D eigenvalue weighted by atomic mass is 10.1. The number of carbonyl (C=O) groups excluding carboxylic acids is 2. The molecule has 2 rings (SSSR count). The molecule has 0 heterocycles. The van der Waals surface area contributed by atoms with Crippen molar-refractivity contribution in [3.8, 4) is 0 Å². The number of aliphatic hydroxyl groups is 1. The van der Waals surface area contributed by atoms with Gasteiger partial charge in [-0.2, -0.15) is 0 Å². The van der Waals surface area contributed by atoms with Crippen molar-refractivity contribution in [3.05, 3.63) is 29.8 Å². The Morgan fingerprint density at radius 3 is 2.62 bits per heavy atom. The van der Waals surface area contributed by atoms with Gasteiger partial charge in [-0.3, -0.25) is 4.79 Å². The highest BCUT2D eigenvalue weighted by molar-refractivity contribution is 5.93. The predicted molar refractivity (Wildman–Crippen MR) is 79.9 cm³/mol. The van der Waals surface area contributed by atoms with Crippen LogP contribution >= 0.6 is 0 Å². The van der Waals surface area contributed by atoms with E-state index in [-0.39, 0.29) is 11.9 Å². The topological polar surface area (TPSA) is 90.5 Å². The SMILES string of the molecule is CC(NC(=O)Nc1cccc(C(C)O)c1)C(=O)NC1CC1. The normalized spacial score (nSPS) is 16.7. The fourth-order valence-corrected chi connectivity index (χ4v) is 1.86. The summed E-state index contributed by atoms with van der Waals surface area (Å²) in [6.07, 6.45) is 1.42. The average Bonchev–Trinajstić information content (AvgIpc) is 3.22. The van der Waals surface area contributed by atoms with E-state index in [4.69, 9.17) is 0 Å². The maximum absolute atomic E-state index is 11.8. The molecule has 0 bridgehead atoms. The molecule has 2 unspecified atom stereocenters. The summed E-state index contributed by atoms with van der Waals surface area (Å²) < 4.78 is 0. The molecule has 0 saturated heterocycles. The van der Waals surface area contributed by atoms with Gasteiger partial charge in [-0.05, 0) is 44.4 Å². The molecule has 3 amide bonds. The molecule has 0 spiro atoms. The molecule has 0 radical (unpaired) electrons. The smallest absolute Gasteiger partial charge is 0.319 e. The average molecular weight is 291 g/mol. The number of hydrogen-bond acceptors (Lipinski definition) is 3. The van der Waals surface area contributed by atoms with Crippen molar-refractivity contribution < 1.29 is 14.7 Å². The third-order valence-electron chi connectivity index (χ3n) is 3.29. The first-order chi connectivity index (χ1) is 9.95. The second-order valence-electron chi connectivity index (χ2n) is 5.40. The minimum absolute atomic E-state index is 0.176. The van der Waals surface area contributed by atoms with Gasteiger partial charge in [-0.15, -0.1) is 0 Å². The minimum Gasteiger partial charge on any atom is -0.389 e. The van der Waals surface area contributed by atoms with Crippen LogP contribution in [0.3, 0.4) is 0 Å². The lowest BCUT2D eigenvalue weighted by molar-refractivity contribution is -0.122. The molecule has 0 aromatic heterocycles. The van der Waals surface area contributed by atoms with Gasteiger partial charge in [0.15, 0.2) is 0 Å². The Labute approximate surface area is 123 Å². The maximum Gasteiger partial charge on any atom is 0.319 e. The lowest BCUT2D eigenvalue weighted by Crippen LogP contribution is -2.46. The first kappa shape index (κ1) is 15.3. The molecular weight excluding hydrogens is 270 g/mol. The Hall–Kier alpha value is -2.08. The Balaban J connectivity index is 1.85.